The second-order valence-electron chi connectivity index (χ2n) is 10.5. The van der Waals surface area contributed by atoms with Crippen LogP contribution < -0.4 is 4.74 Å². The van der Waals surface area contributed by atoms with E-state index < -0.39 is 0 Å². The molecule has 0 amide bonds. The van der Waals surface area contributed by atoms with Gasteiger partial charge in [-0.3, -0.25) is 9.69 Å². The molecule has 5 nitrogen and oxygen atoms in total. The molecule has 0 aliphatic carbocycles. The lowest BCUT2D eigenvalue weighted by Gasteiger charge is -2.24. The fraction of sp³-hybridized carbons (Fsp3) is 0.406. The molecule has 6 heteroatoms. The standard InChI is InChI=1S/C32H38N2O3S/c1-5-28-21-34(38-31-10-8-7-9-30(31)37-28)20-26-15-23(12-11-22(26)3)29(17-32(35)36-6-2)24-13-14-25-18-33(4)19-27(25)16-24/h7-16,28-29H,5-6,17-21H2,1-4H3. The maximum atomic E-state index is 12.7. The lowest BCUT2D eigenvalue weighted by Crippen LogP contribution is -2.29. The van der Waals surface area contributed by atoms with Gasteiger partial charge in [0.1, 0.15) is 11.9 Å². The highest BCUT2D eigenvalue weighted by Gasteiger charge is 2.26. The quantitative estimate of drug-likeness (QED) is 0.238. The molecule has 2 atom stereocenters. The fourth-order valence-corrected chi connectivity index (χ4v) is 6.51. The van der Waals surface area contributed by atoms with Crippen molar-refractivity contribution in [2.45, 2.75) is 70.2 Å². The summed E-state index contributed by atoms with van der Waals surface area (Å²) in [5.74, 6) is 0.766. The van der Waals surface area contributed by atoms with E-state index in [9.17, 15) is 4.79 Å². The Balaban J connectivity index is 1.45. The lowest BCUT2D eigenvalue weighted by molar-refractivity contribution is -0.143. The van der Waals surface area contributed by atoms with Gasteiger partial charge in [-0.05, 0) is 84.8 Å². The van der Waals surface area contributed by atoms with Gasteiger partial charge >= 0.3 is 5.97 Å². The number of para-hydroxylation sites is 1. The number of hydrogen-bond acceptors (Lipinski definition) is 6. The highest BCUT2D eigenvalue weighted by molar-refractivity contribution is 7.97. The van der Waals surface area contributed by atoms with Crippen LogP contribution in [0, 0.1) is 6.92 Å². The van der Waals surface area contributed by atoms with E-state index in [1.54, 1.807) is 11.9 Å². The van der Waals surface area contributed by atoms with Gasteiger partial charge in [-0.1, -0.05) is 55.5 Å². The van der Waals surface area contributed by atoms with Crippen LogP contribution in [0.5, 0.6) is 5.75 Å². The van der Waals surface area contributed by atoms with Crippen molar-refractivity contribution >= 4 is 17.9 Å². The summed E-state index contributed by atoms with van der Waals surface area (Å²) in [4.78, 5) is 16.2. The third kappa shape index (κ3) is 6.09. The Bertz CT molecular complexity index is 1290. The number of esters is 1. The van der Waals surface area contributed by atoms with Gasteiger partial charge in [-0.25, -0.2) is 4.31 Å². The summed E-state index contributed by atoms with van der Waals surface area (Å²) in [6, 6.07) is 21.7. The number of benzene rings is 3. The predicted molar refractivity (Wildman–Crippen MR) is 153 cm³/mol. The zero-order chi connectivity index (χ0) is 26.6. The van der Waals surface area contributed by atoms with Gasteiger partial charge in [0.25, 0.3) is 0 Å². The number of aryl methyl sites for hydroxylation is 1. The van der Waals surface area contributed by atoms with E-state index in [1.165, 1.54) is 27.8 Å². The average Bonchev–Trinajstić information content (AvgIpc) is 3.18. The number of rotatable bonds is 8. The number of carbonyl (C=O) groups is 1. The van der Waals surface area contributed by atoms with Crippen molar-refractivity contribution in [1.82, 2.24) is 9.21 Å². The molecular weight excluding hydrogens is 492 g/mol. The van der Waals surface area contributed by atoms with Crippen LogP contribution in [0.4, 0.5) is 0 Å². The first-order valence-corrected chi connectivity index (χ1v) is 14.4. The number of carbonyl (C=O) groups excluding carboxylic acids is 1. The minimum absolute atomic E-state index is 0.0474. The van der Waals surface area contributed by atoms with Crippen LogP contribution >= 0.6 is 11.9 Å². The van der Waals surface area contributed by atoms with E-state index in [-0.39, 0.29) is 18.0 Å². The average molecular weight is 531 g/mol. The Morgan fingerprint density at radius 2 is 1.82 bits per heavy atom. The van der Waals surface area contributed by atoms with E-state index in [4.69, 9.17) is 9.47 Å². The van der Waals surface area contributed by atoms with E-state index in [0.717, 1.165) is 48.8 Å². The number of fused-ring (bicyclic) bond motifs is 2. The summed E-state index contributed by atoms with van der Waals surface area (Å²) in [6.45, 7) is 10.2. The van der Waals surface area contributed by atoms with Crippen LogP contribution in [0.15, 0.2) is 65.6 Å². The molecule has 0 N–H and O–H groups in total. The molecule has 2 heterocycles. The molecule has 0 saturated carbocycles. The Morgan fingerprint density at radius 3 is 2.63 bits per heavy atom. The smallest absolute Gasteiger partial charge is 0.306 e. The topological polar surface area (TPSA) is 42.0 Å². The molecule has 38 heavy (non-hydrogen) atoms. The summed E-state index contributed by atoms with van der Waals surface area (Å²) in [5.41, 5.74) is 7.61. The molecule has 0 saturated heterocycles. The van der Waals surface area contributed by atoms with Crippen LogP contribution in [-0.4, -0.2) is 41.5 Å². The first-order valence-electron chi connectivity index (χ1n) is 13.7. The van der Waals surface area contributed by atoms with Crippen LogP contribution in [0.1, 0.15) is 66.0 Å². The molecule has 0 radical (unpaired) electrons. The zero-order valence-corrected chi connectivity index (χ0v) is 23.7. The SMILES string of the molecule is CCOC(=O)CC(c1ccc(C)c(CN2CC(CC)Oc3ccccc3S2)c1)c1ccc2c(c1)CN(C)C2. The molecule has 3 aromatic rings. The first kappa shape index (κ1) is 26.8. The molecule has 0 bridgehead atoms. The summed E-state index contributed by atoms with van der Waals surface area (Å²) in [5, 5.41) is 0. The summed E-state index contributed by atoms with van der Waals surface area (Å²) in [6.07, 6.45) is 1.44. The molecule has 5 rings (SSSR count). The minimum Gasteiger partial charge on any atom is -0.488 e. The van der Waals surface area contributed by atoms with Gasteiger partial charge in [0.2, 0.25) is 0 Å². The number of hydrogen-bond donors (Lipinski definition) is 0. The minimum atomic E-state index is -0.153. The van der Waals surface area contributed by atoms with Gasteiger partial charge in [-0.15, -0.1) is 0 Å². The third-order valence-electron chi connectivity index (χ3n) is 7.54. The summed E-state index contributed by atoms with van der Waals surface area (Å²) < 4.78 is 14.1. The molecule has 0 fully saturated rings. The van der Waals surface area contributed by atoms with Gasteiger partial charge < -0.3 is 9.47 Å². The molecule has 2 aliphatic rings. The van der Waals surface area contributed by atoms with Crippen LogP contribution in [-0.2, 0) is 29.2 Å². The van der Waals surface area contributed by atoms with E-state index in [0.29, 0.717) is 13.0 Å². The van der Waals surface area contributed by atoms with Gasteiger partial charge in [0.15, 0.2) is 0 Å². The molecular formula is C32H38N2O3S. The Hall–Kier alpha value is -2.80. The number of ether oxygens (including phenoxy) is 2. The van der Waals surface area contributed by atoms with Crippen molar-refractivity contribution in [2.75, 3.05) is 20.2 Å². The summed E-state index contributed by atoms with van der Waals surface area (Å²) >= 11 is 1.77. The lowest BCUT2D eigenvalue weighted by atomic mass is 9.85. The number of nitrogens with zero attached hydrogens (tertiary/aromatic N) is 2. The Kier molecular flexibility index (Phi) is 8.42. The predicted octanol–water partition coefficient (Wildman–Crippen LogP) is 6.71. The first-order chi connectivity index (χ1) is 18.4. The molecule has 0 aromatic heterocycles. The zero-order valence-electron chi connectivity index (χ0n) is 22.9. The van der Waals surface area contributed by atoms with Gasteiger partial charge in [0.05, 0.1) is 17.9 Å². The molecule has 2 unspecified atom stereocenters. The van der Waals surface area contributed by atoms with Gasteiger partial charge in [-0.2, -0.15) is 0 Å². The van der Waals surface area contributed by atoms with E-state index in [1.807, 2.05) is 13.0 Å². The van der Waals surface area contributed by atoms with Crippen LogP contribution in [0.2, 0.25) is 0 Å². The highest BCUT2D eigenvalue weighted by Crippen LogP contribution is 2.38. The molecule has 0 spiro atoms. The molecule has 200 valence electrons. The van der Waals surface area contributed by atoms with Crippen LogP contribution in [0.25, 0.3) is 0 Å². The Labute approximate surface area is 231 Å². The van der Waals surface area contributed by atoms with Crippen LogP contribution in [0.3, 0.4) is 0 Å². The van der Waals surface area contributed by atoms with E-state index in [2.05, 4.69) is 84.7 Å². The van der Waals surface area contributed by atoms with Crippen molar-refractivity contribution in [3.05, 3.63) is 94.0 Å². The molecule has 2 aliphatic heterocycles. The van der Waals surface area contributed by atoms with Crippen molar-refractivity contribution in [3.63, 3.8) is 0 Å². The third-order valence-corrected chi connectivity index (χ3v) is 8.61. The second-order valence-corrected chi connectivity index (χ2v) is 11.6. The maximum absolute atomic E-state index is 12.7. The van der Waals surface area contributed by atoms with Crippen molar-refractivity contribution in [2.24, 2.45) is 0 Å². The monoisotopic (exact) mass is 530 g/mol. The maximum Gasteiger partial charge on any atom is 0.306 e. The normalized spacial score (nSPS) is 18.3. The highest BCUT2D eigenvalue weighted by atomic mass is 32.2. The molecule has 3 aromatic carbocycles. The van der Waals surface area contributed by atoms with Gasteiger partial charge in [0, 0.05) is 32.1 Å². The van der Waals surface area contributed by atoms with Crippen molar-refractivity contribution in [3.8, 4) is 5.75 Å². The fourth-order valence-electron chi connectivity index (χ4n) is 5.44. The van der Waals surface area contributed by atoms with Crippen molar-refractivity contribution in [1.29, 1.82) is 0 Å². The van der Waals surface area contributed by atoms with Crippen molar-refractivity contribution < 1.29 is 14.3 Å². The van der Waals surface area contributed by atoms with E-state index >= 15 is 0 Å². The largest absolute Gasteiger partial charge is 0.488 e. The Morgan fingerprint density at radius 1 is 1.05 bits per heavy atom. The second kappa shape index (κ2) is 11.9. The summed E-state index contributed by atoms with van der Waals surface area (Å²) in [7, 11) is 2.15.